The summed E-state index contributed by atoms with van der Waals surface area (Å²) in [6.45, 7) is 8.22. The molecule has 2 rings (SSSR count). The lowest BCUT2D eigenvalue weighted by molar-refractivity contribution is -0.147. The number of carbonyl (C=O) groups excluding carboxylic acids is 1. The quantitative estimate of drug-likeness (QED) is 0.867. The lowest BCUT2D eigenvalue weighted by atomic mass is 9.90. The number of rotatable bonds is 5. The zero-order chi connectivity index (χ0) is 17.9. The zero-order valence-corrected chi connectivity index (χ0v) is 14.7. The maximum Gasteiger partial charge on any atom is 0.317 e. The molecule has 2 amide bonds. The van der Waals surface area contributed by atoms with Crippen LogP contribution in [0.5, 0.6) is 5.75 Å². The average Bonchev–Trinajstić information content (AvgIpc) is 2.91. The van der Waals surface area contributed by atoms with Gasteiger partial charge in [0.2, 0.25) is 0 Å². The van der Waals surface area contributed by atoms with Crippen molar-refractivity contribution < 1.29 is 19.4 Å². The Morgan fingerprint density at radius 2 is 1.88 bits per heavy atom. The number of hydrogen-bond acceptors (Lipinski definition) is 3. The monoisotopic (exact) mass is 334 g/mol. The number of carbonyl (C=O) groups is 2. The largest absolute Gasteiger partial charge is 0.491 e. The molecule has 0 bridgehead atoms. The number of ether oxygens (including phenoxy) is 1. The van der Waals surface area contributed by atoms with Crippen molar-refractivity contribution in [3.8, 4) is 5.75 Å². The van der Waals surface area contributed by atoms with E-state index < -0.39 is 11.4 Å². The van der Waals surface area contributed by atoms with Crippen LogP contribution in [-0.2, 0) is 4.79 Å². The number of nitrogens with one attached hydrogen (secondary N) is 1. The first kappa shape index (κ1) is 18.1. The number of carboxylic acids is 1. The number of likely N-dealkylation sites (tertiary alicyclic amines) is 1. The van der Waals surface area contributed by atoms with Gasteiger partial charge in [0, 0.05) is 13.1 Å². The van der Waals surface area contributed by atoms with E-state index in [1.165, 1.54) is 0 Å². The molecule has 2 atom stereocenters. The summed E-state index contributed by atoms with van der Waals surface area (Å²) in [5, 5.41) is 12.2. The normalized spacial score (nSPS) is 21.6. The van der Waals surface area contributed by atoms with Crippen molar-refractivity contribution in [1.29, 1.82) is 0 Å². The van der Waals surface area contributed by atoms with Crippen molar-refractivity contribution in [2.45, 2.75) is 46.3 Å². The van der Waals surface area contributed by atoms with Crippen LogP contribution in [0.1, 0.15) is 45.7 Å². The number of amides is 2. The van der Waals surface area contributed by atoms with Crippen LogP contribution in [0.15, 0.2) is 24.3 Å². The van der Waals surface area contributed by atoms with Crippen molar-refractivity contribution in [3.63, 3.8) is 0 Å². The third-order valence-electron chi connectivity index (χ3n) is 4.37. The molecule has 1 aromatic rings. The van der Waals surface area contributed by atoms with Crippen LogP contribution < -0.4 is 10.1 Å². The van der Waals surface area contributed by atoms with Crippen LogP contribution >= 0.6 is 0 Å². The Hall–Kier alpha value is -2.24. The SMILES string of the molecule is CC(C)Oc1ccc(C(C)NC(=O)N2CCC(C)(C(=O)O)C2)cc1. The first-order chi connectivity index (χ1) is 11.2. The van der Waals surface area contributed by atoms with Crippen LogP contribution in [-0.4, -0.2) is 41.2 Å². The van der Waals surface area contributed by atoms with E-state index in [4.69, 9.17) is 4.74 Å². The Morgan fingerprint density at radius 3 is 2.38 bits per heavy atom. The molecule has 24 heavy (non-hydrogen) atoms. The van der Waals surface area contributed by atoms with Crippen LogP contribution in [0.3, 0.4) is 0 Å². The predicted molar refractivity (Wildman–Crippen MR) is 91.1 cm³/mol. The van der Waals surface area contributed by atoms with Crippen molar-refractivity contribution in [3.05, 3.63) is 29.8 Å². The van der Waals surface area contributed by atoms with Crippen LogP contribution in [0.2, 0.25) is 0 Å². The minimum Gasteiger partial charge on any atom is -0.491 e. The fraction of sp³-hybridized carbons (Fsp3) is 0.556. The number of nitrogens with zero attached hydrogens (tertiary/aromatic N) is 1. The molecule has 1 aromatic carbocycles. The van der Waals surface area contributed by atoms with Gasteiger partial charge < -0.3 is 20.1 Å². The number of benzene rings is 1. The lowest BCUT2D eigenvalue weighted by Crippen LogP contribution is -2.41. The Kier molecular flexibility index (Phi) is 5.36. The van der Waals surface area contributed by atoms with Gasteiger partial charge in [-0.25, -0.2) is 4.79 Å². The maximum atomic E-state index is 12.3. The number of aliphatic carboxylic acids is 1. The molecule has 0 radical (unpaired) electrons. The van der Waals surface area contributed by atoms with Gasteiger partial charge in [0.15, 0.2) is 0 Å². The van der Waals surface area contributed by atoms with Crippen LogP contribution in [0.4, 0.5) is 4.79 Å². The van der Waals surface area contributed by atoms with Crippen molar-refractivity contribution in [2.24, 2.45) is 5.41 Å². The molecule has 6 heteroatoms. The minimum atomic E-state index is -0.855. The molecule has 1 aliphatic rings. The maximum absolute atomic E-state index is 12.3. The van der Waals surface area contributed by atoms with Crippen LogP contribution in [0, 0.1) is 5.41 Å². The van der Waals surface area contributed by atoms with E-state index in [2.05, 4.69) is 5.32 Å². The van der Waals surface area contributed by atoms with E-state index in [0.29, 0.717) is 13.0 Å². The Balaban J connectivity index is 1.93. The molecule has 1 saturated heterocycles. The first-order valence-electron chi connectivity index (χ1n) is 8.27. The molecule has 1 aliphatic heterocycles. The Morgan fingerprint density at radius 1 is 1.25 bits per heavy atom. The van der Waals surface area contributed by atoms with E-state index >= 15 is 0 Å². The highest BCUT2D eigenvalue weighted by Crippen LogP contribution is 2.30. The molecule has 2 unspecified atom stereocenters. The first-order valence-corrected chi connectivity index (χ1v) is 8.27. The summed E-state index contributed by atoms with van der Waals surface area (Å²) < 4.78 is 5.61. The van der Waals surface area contributed by atoms with Gasteiger partial charge in [0.05, 0.1) is 17.6 Å². The van der Waals surface area contributed by atoms with Gasteiger partial charge >= 0.3 is 12.0 Å². The number of hydrogen-bond donors (Lipinski definition) is 2. The highest BCUT2D eigenvalue weighted by molar-refractivity contribution is 5.79. The average molecular weight is 334 g/mol. The molecule has 1 heterocycles. The molecule has 0 spiro atoms. The third-order valence-corrected chi connectivity index (χ3v) is 4.37. The van der Waals surface area contributed by atoms with Crippen molar-refractivity contribution in [1.82, 2.24) is 10.2 Å². The predicted octanol–water partition coefficient (Wildman–Crippen LogP) is 3.04. The van der Waals surface area contributed by atoms with Crippen molar-refractivity contribution in [2.75, 3.05) is 13.1 Å². The Labute approximate surface area is 142 Å². The number of carboxylic acid groups (broad SMARTS) is 1. The van der Waals surface area contributed by atoms with Gasteiger partial charge in [0.1, 0.15) is 5.75 Å². The second-order valence-electron chi connectivity index (χ2n) is 6.94. The summed E-state index contributed by atoms with van der Waals surface area (Å²) in [6.07, 6.45) is 0.595. The highest BCUT2D eigenvalue weighted by Gasteiger charge is 2.42. The second kappa shape index (κ2) is 7.11. The van der Waals surface area contributed by atoms with E-state index in [-0.39, 0.29) is 24.7 Å². The lowest BCUT2D eigenvalue weighted by Gasteiger charge is -2.23. The smallest absolute Gasteiger partial charge is 0.317 e. The number of urea groups is 1. The van der Waals surface area contributed by atoms with Gasteiger partial charge in [-0.15, -0.1) is 0 Å². The summed E-state index contributed by atoms with van der Waals surface area (Å²) >= 11 is 0. The fourth-order valence-electron chi connectivity index (χ4n) is 2.78. The summed E-state index contributed by atoms with van der Waals surface area (Å²) in [7, 11) is 0. The molecular weight excluding hydrogens is 308 g/mol. The summed E-state index contributed by atoms with van der Waals surface area (Å²) in [4.78, 5) is 25.2. The molecule has 2 N–H and O–H groups in total. The van der Waals surface area contributed by atoms with E-state index in [1.54, 1.807) is 11.8 Å². The zero-order valence-electron chi connectivity index (χ0n) is 14.7. The van der Waals surface area contributed by atoms with Gasteiger partial charge in [-0.1, -0.05) is 12.1 Å². The van der Waals surface area contributed by atoms with Crippen molar-refractivity contribution >= 4 is 12.0 Å². The Bertz CT molecular complexity index is 600. The molecule has 6 nitrogen and oxygen atoms in total. The fourth-order valence-corrected chi connectivity index (χ4v) is 2.78. The van der Waals surface area contributed by atoms with Gasteiger partial charge in [-0.3, -0.25) is 4.79 Å². The minimum absolute atomic E-state index is 0.117. The topological polar surface area (TPSA) is 78.9 Å². The second-order valence-corrected chi connectivity index (χ2v) is 6.94. The molecule has 132 valence electrons. The highest BCUT2D eigenvalue weighted by atomic mass is 16.5. The van der Waals surface area contributed by atoms with E-state index in [1.807, 2.05) is 45.0 Å². The molecule has 0 aliphatic carbocycles. The van der Waals surface area contributed by atoms with Gasteiger partial charge in [-0.05, 0) is 51.8 Å². The summed E-state index contributed by atoms with van der Waals surface area (Å²) in [6, 6.07) is 7.23. The van der Waals surface area contributed by atoms with E-state index in [0.717, 1.165) is 11.3 Å². The molecule has 0 aromatic heterocycles. The van der Waals surface area contributed by atoms with E-state index in [9.17, 15) is 14.7 Å². The molecule has 0 saturated carbocycles. The standard InChI is InChI=1S/C18H26N2O4/c1-12(2)24-15-7-5-14(6-8-15)13(3)19-17(23)20-10-9-18(4,11-20)16(21)22/h5-8,12-13H,9-11H2,1-4H3,(H,19,23)(H,21,22). The molecular formula is C18H26N2O4. The van der Waals surface area contributed by atoms with Gasteiger partial charge in [0.25, 0.3) is 0 Å². The summed E-state index contributed by atoms with van der Waals surface area (Å²) in [5.74, 6) is -0.0596. The van der Waals surface area contributed by atoms with Gasteiger partial charge in [-0.2, -0.15) is 0 Å². The summed E-state index contributed by atoms with van der Waals surface area (Å²) in [5.41, 5.74) is 0.121. The third kappa shape index (κ3) is 4.19. The molecule has 1 fully saturated rings. The van der Waals surface area contributed by atoms with Crippen LogP contribution in [0.25, 0.3) is 0 Å².